The van der Waals surface area contributed by atoms with Gasteiger partial charge in [0.05, 0.1) is 23.1 Å². The second-order valence-corrected chi connectivity index (χ2v) is 2.93. The van der Waals surface area contributed by atoms with E-state index < -0.39 is 4.92 Å². The van der Waals surface area contributed by atoms with Gasteiger partial charge < -0.3 is 10.1 Å². The first kappa shape index (κ1) is 9.20. The van der Waals surface area contributed by atoms with Crippen LogP contribution in [0.3, 0.4) is 0 Å². The zero-order valence-electron chi connectivity index (χ0n) is 7.54. The van der Waals surface area contributed by atoms with Crippen molar-refractivity contribution in [3.63, 3.8) is 0 Å². The molecule has 0 fully saturated rings. The number of hydrogen-bond donors (Lipinski definition) is 2. The Morgan fingerprint density at radius 2 is 2.27 bits per heavy atom. The van der Waals surface area contributed by atoms with Crippen molar-refractivity contribution >= 4 is 5.69 Å². The molecule has 1 aromatic heterocycles. The Morgan fingerprint density at radius 1 is 1.47 bits per heavy atom. The third-order valence-electron chi connectivity index (χ3n) is 1.98. The molecule has 0 aliphatic rings. The normalized spacial score (nSPS) is 10.1. The minimum Gasteiger partial charge on any atom is -0.502 e. The molecule has 1 heterocycles. The number of benzene rings is 1. The fraction of sp³-hybridized carbons (Fsp3) is 0. The molecule has 6 nitrogen and oxygen atoms in total. The molecule has 0 amide bonds. The van der Waals surface area contributed by atoms with Crippen LogP contribution in [0.1, 0.15) is 0 Å². The number of nitrogens with zero attached hydrogens (tertiary/aromatic N) is 2. The van der Waals surface area contributed by atoms with Crippen LogP contribution in [0.25, 0.3) is 11.3 Å². The molecule has 0 unspecified atom stereocenters. The van der Waals surface area contributed by atoms with Crippen LogP contribution in [-0.4, -0.2) is 20.0 Å². The number of aromatic amines is 1. The summed E-state index contributed by atoms with van der Waals surface area (Å²) in [5.41, 5.74) is 0.956. The van der Waals surface area contributed by atoms with E-state index in [0.29, 0.717) is 11.3 Å². The van der Waals surface area contributed by atoms with Gasteiger partial charge in [0.2, 0.25) is 0 Å². The lowest BCUT2D eigenvalue weighted by Crippen LogP contribution is -1.89. The van der Waals surface area contributed by atoms with Gasteiger partial charge in [-0.15, -0.1) is 0 Å². The third-order valence-corrected chi connectivity index (χ3v) is 1.98. The zero-order valence-corrected chi connectivity index (χ0v) is 7.54. The summed E-state index contributed by atoms with van der Waals surface area (Å²) in [5.74, 6) is -0.344. The average Bonchev–Trinajstić information content (AvgIpc) is 2.71. The van der Waals surface area contributed by atoms with Gasteiger partial charge in [-0.25, -0.2) is 4.98 Å². The summed E-state index contributed by atoms with van der Waals surface area (Å²) in [6.07, 6.45) is 3.03. The first-order valence-electron chi connectivity index (χ1n) is 4.14. The fourth-order valence-electron chi connectivity index (χ4n) is 1.25. The molecule has 0 atom stereocenters. The topological polar surface area (TPSA) is 92.0 Å². The van der Waals surface area contributed by atoms with Gasteiger partial charge in [0, 0.05) is 11.6 Å². The summed E-state index contributed by atoms with van der Waals surface area (Å²) in [7, 11) is 0. The maximum Gasteiger partial charge on any atom is 0.311 e. The van der Waals surface area contributed by atoms with Gasteiger partial charge >= 0.3 is 5.69 Å². The number of nitro benzene ring substituents is 1. The molecule has 0 bridgehead atoms. The maximum absolute atomic E-state index is 10.6. The van der Waals surface area contributed by atoms with Gasteiger partial charge in [-0.2, -0.15) is 0 Å². The van der Waals surface area contributed by atoms with Gasteiger partial charge in [0.1, 0.15) is 0 Å². The number of imidazole rings is 1. The van der Waals surface area contributed by atoms with Crippen LogP contribution in [0.5, 0.6) is 5.75 Å². The minimum absolute atomic E-state index is 0.317. The lowest BCUT2D eigenvalue weighted by atomic mass is 10.1. The smallest absolute Gasteiger partial charge is 0.311 e. The molecule has 0 spiro atoms. The number of hydrogen-bond acceptors (Lipinski definition) is 4. The van der Waals surface area contributed by atoms with Crippen LogP contribution >= 0.6 is 0 Å². The molecule has 6 heteroatoms. The predicted molar refractivity (Wildman–Crippen MR) is 52.3 cm³/mol. The van der Waals surface area contributed by atoms with Gasteiger partial charge in [-0.05, 0) is 12.1 Å². The van der Waals surface area contributed by atoms with Crippen molar-refractivity contribution in [3.8, 4) is 17.0 Å². The quantitative estimate of drug-likeness (QED) is 0.576. The van der Waals surface area contributed by atoms with Gasteiger partial charge in [0.15, 0.2) is 5.75 Å². The number of aromatic nitrogens is 2. The Kier molecular flexibility index (Phi) is 2.09. The molecule has 2 aromatic rings. The fourth-order valence-corrected chi connectivity index (χ4v) is 1.25. The standard InChI is InChI=1S/C9H7N3O3/c13-9-2-1-6(3-8(9)12(14)15)7-4-10-5-11-7/h1-5,13H,(H,10,11). The highest BCUT2D eigenvalue weighted by atomic mass is 16.6. The van der Waals surface area contributed by atoms with Gasteiger partial charge in [-0.1, -0.05) is 0 Å². The Morgan fingerprint density at radius 3 is 2.87 bits per heavy atom. The molecule has 15 heavy (non-hydrogen) atoms. The number of nitrogens with one attached hydrogen (secondary N) is 1. The lowest BCUT2D eigenvalue weighted by Gasteiger charge is -1.99. The summed E-state index contributed by atoms with van der Waals surface area (Å²) in [4.78, 5) is 16.6. The average molecular weight is 205 g/mol. The Bertz CT molecular complexity index is 493. The van der Waals surface area contributed by atoms with Crippen molar-refractivity contribution in [3.05, 3.63) is 40.8 Å². The number of nitro groups is 1. The molecular formula is C9H7N3O3. The predicted octanol–water partition coefficient (Wildman–Crippen LogP) is 1.69. The van der Waals surface area contributed by atoms with E-state index in [1.54, 1.807) is 12.3 Å². The molecule has 0 saturated heterocycles. The number of H-pyrrole nitrogens is 1. The highest BCUT2D eigenvalue weighted by molar-refractivity contribution is 5.65. The Hall–Kier alpha value is -2.37. The van der Waals surface area contributed by atoms with Crippen LogP contribution in [0, 0.1) is 10.1 Å². The van der Waals surface area contributed by atoms with Gasteiger partial charge in [-0.3, -0.25) is 10.1 Å². The van der Waals surface area contributed by atoms with E-state index in [1.807, 2.05) is 0 Å². The van der Waals surface area contributed by atoms with Crippen molar-refractivity contribution < 1.29 is 10.0 Å². The molecule has 0 aliphatic carbocycles. The molecule has 0 saturated carbocycles. The van der Waals surface area contributed by atoms with E-state index in [4.69, 9.17) is 0 Å². The molecule has 2 N–H and O–H groups in total. The number of rotatable bonds is 2. The lowest BCUT2D eigenvalue weighted by molar-refractivity contribution is -0.385. The SMILES string of the molecule is O=[N+]([O-])c1cc(-c2cnc[nH]2)ccc1O. The largest absolute Gasteiger partial charge is 0.502 e. The van der Waals surface area contributed by atoms with Crippen molar-refractivity contribution in [2.24, 2.45) is 0 Å². The zero-order chi connectivity index (χ0) is 10.8. The van der Waals surface area contributed by atoms with Crippen molar-refractivity contribution in [2.45, 2.75) is 0 Å². The van der Waals surface area contributed by atoms with E-state index >= 15 is 0 Å². The van der Waals surface area contributed by atoms with Crippen molar-refractivity contribution in [2.75, 3.05) is 0 Å². The third kappa shape index (κ3) is 1.64. The first-order chi connectivity index (χ1) is 7.18. The second-order valence-electron chi connectivity index (χ2n) is 2.93. The van der Waals surface area contributed by atoms with Crippen LogP contribution in [-0.2, 0) is 0 Å². The van der Waals surface area contributed by atoms with E-state index in [2.05, 4.69) is 9.97 Å². The van der Waals surface area contributed by atoms with Crippen LogP contribution in [0.15, 0.2) is 30.7 Å². The molecule has 76 valence electrons. The number of aromatic hydroxyl groups is 1. The van der Waals surface area contributed by atoms with Crippen LogP contribution in [0.2, 0.25) is 0 Å². The highest BCUT2D eigenvalue weighted by Gasteiger charge is 2.14. The minimum atomic E-state index is -0.630. The second kappa shape index (κ2) is 3.41. The van der Waals surface area contributed by atoms with Crippen LogP contribution in [0.4, 0.5) is 5.69 Å². The maximum atomic E-state index is 10.6. The molecule has 2 rings (SSSR count). The Labute approximate surface area is 84.4 Å². The van der Waals surface area contributed by atoms with E-state index in [9.17, 15) is 15.2 Å². The van der Waals surface area contributed by atoms with Crippen molar-refractivity contribution in [1.29, 1.82) is 0 Å². The monoisotopic (exact) mass is 205 g/mol. The van der Waals surface area contributed by atoms with Gasteiger partial charge in [0.25, 0.3) is 0 Å². The number of phenols is 1. The molecule has 1 aromatic carbocycles. The summed E-state index contributed by atoms with van der Waals surface area (Å²) in [6, 6.07) is 4.16. The molecule has 0 aliphatic heterocycles. The van der Waals surface area contributed by atoms with E-state index in [1.165, 1.54) is 18.5 Å². The highest BCUT2D eigenvalue weighted by Crippen LogP contribution is 2.30. The summed E-state index contributed by atoms with van der Waals surface area (Å²) in [5, 5.41) is 19.8. The van der Waals surface area contributed by atoms with E-state index in [-0.39, 0.29) is 11.4 Å². The number of phenolic OH excluding ortho intramolecular Hbond substituents is 1. The molecular weight excluding hydrogens is 198 g/mol. The summed E-state index contributed by atoms with van der Waals surface area (Å²) >= 11 is 0. The van der Waals surface area contributed by atoms with Crippen molar-refractivity contribution in [1.82, 2.24) is 9.97 Å². The van der Waals surface area contributed by atoms with E-state index in [0.717, 1.165) is 0 Å². The summed E-state index contributed by atoms with van der Waals surface area (Å²) < 4.78 is 0. The molecule has 0 radical (unpaired) electrons. The Balaban J connectivity index is 2.52. The first-order valence-corrected chi connectivity index (χ1v) is 4.14. The van der Waals surface area contributed by atoms with Crippen LogP contribution < -0.4 is 0 Å². The summed E-state index contributed by atoms with van der Waals surface area (Å²) in [6.45, 7) is 0.